The Hall–Kier alpha value is -2.20. The molecule has 1 aromatic rings. The molecule has 3 heterocycles. The quantitative estimate of drug-likeness (QED) is 0.124. The third-order valence-corrected chi connectivity index (χ3v) is 13.0. The number of hydrogen-bond acceptors (Lipinski definition) is 8. The van der Waals surface area contributed by atoms with Crippen molar-refractivity contribution in [3.63, 3.8) is 0 Å². The third-order valence-electron chi connectivity index (χ3n) is 11.4. The number of aromatic nitrogens is 1. The van der Waals surface area contributed by atoms with Crippen molar-refractivity contribution in [3.05, 3.63) is 32.3 Å². The minimum Gasteiger partial charge on any atom is -0.465 e. The molecule has 2 aliphatic heterocycles. The van der Waals surface area contributed by atoms with Crippen LogP contribution in [0.2, 0.25) is 0 Å². The minimum atomic E-state index is -4.79. The van der Waals surface area contributed by atoms with Crippen LogP contribution in [0.3, 0.4) is 0 Å². The van der Waals surface area contributed by atoms with Crippen molar-refractivity contribution in [2.45, 2.75) is 115 Å². The van der Waals surface area contributed by atoms with Crippen LogP contribution in [0.1, 0.15) is 89.3 Å². The van der Waals surface area contributed by atoms with Crippen molar-refractivity contribution in [1.82, 2.24) is 9.88 Å². The van der Waals surface area contributed by atoms with E-state index < -0.39 is 67.6 Å². The van der Waals surface area contributed by atoms with Crippen molar-refractivity contribution in [1.29, 1.82) is 0 Å². The minimum absolute atomic E-state index is 0.0335. The molecule has 292 valence electrons. The van der Waals surface area contributed by atoms with Crippen LogP contribution >= 0.6 is 27.7 Å². The molecule has 2 saturated heterocycles. The molecule has 0 radical (unpaired) electrons. The molecule has 16 heteroatoms. The molecule has 0 spiro atoms. The number of hydrogen-bond donors (Lipinski definition) is 0. The van der Waals surface area contributed by atoms with Crippen LogP contribution in [-0.2, 0) is 25.5 Å². The molecule has 0 bridgehead atoms. The second kappa shape index (κ2) is 16.7. The number of nitrogens with zero attached hydrogens (tertiary/aromatic N) is 3. The first kappa shape index (κ1) is 41.0. The van der Waals surface area contributed by atoms with E-state index in [2.05, 4.69) is 20.8 Å². The number of carbonyl (C=O) groups excluding carboxylic acids is 2. The van der Waals surface area contributed by atoms with Gasteiger partial charge in [0.1, 0.15) is 11.9 Å². The molecular formula is C36H48BrF6N3O5S. The number of allylic oxidation sites excluding steroid dienone is 1. The average Bonchev–Trinajstić information content (AvgIpc) is 3.34. The maximum absolute atomic E-state index is 13.8. The number of ether oxygens (including phenoxy) is 3. The Balaban J connectivity index is 1.45. The fourth-order valence-corrected chi connectivity index (χ4v) is 9.93. The van der Waals surface area contributed by atoms with Gasteiger partial charge in [0, 0.05) is 26.1 Å². The molecular weight excluding hydrogens is 780 g/mol. The Morgan fingerprint density at radius 2 is 1.71 bits per heavy atom. The smallest absolute Gasteiger partial charge is 0.410 e. The van der Waals surface area contributed by atoms with Crippen LogP contribution in [0.5, 0.6) is 0 Å². The predicted octanol–water partition coefficient (Wildman–Crippen LogP) is 9.41. The summed E-state index contributed by atoms with van der Waals surface area (Å²) in [6.45, 7) is 7.12. The first-order valence-electron chi connectivity index (χ1n) is 17.9. The molecule has 7 unspecified atom stereocenters. The number of anilines is 1. The van der Waals surface area contributed by atoms with E-state index in [1.807, 2.05) is 19.9 Å². The Bertz CT molecular complexity index is 1470. The molecule has 1 amide bonds. The van der Waals surface area contributed by atoms with Gasteiger partial charge in [-0.1, -0.05) is 12.5 Å². The second-order valence-electron chi connectivity index (χ2n) is 14.6. The lowest BCUT2D eigenvalue weighted by Gasteiger charge is -2.39. The average molecular weight is 829 g/mol. The topological polar surface area (TPSA) is 81.2 Å². The van der Waals surface area contributed by atoms with Crippen LogP contribution in [0.15, 0.2) is 21.0 Å². The largest absolute Gasteiger partial charge is 0.465 e. The SMILES string of the molecule is CCSC(C(=O)OC)=C(C)CC1CCC(OC)C(c2cc(Br)c(N3CCC3)nc2CN2C(=O)OC(C3CC(C(F)(F)F)CC(C(F)(F)F)C3)C2C)C1. The van der Waals surface area contributed by atoms with Gasteiger partial charge < -0.3 is 19.1 Å². The fourth-order valence-electron chi connectivity index (χ4n) is 8.52. The van der Waals surface area contributed by atoms with Crippen molar-refractivity contribution in [2.24, 2.45) is 23.7 Å². The molecule has 4 aliphatic rings. The lowest BCUT2D eigenvalue weighted by atomic mass is 9.71. The zero-order valence-electron chi connectivity index (χ0n) is 30.1. The number of thioether (sulfide) groups is 1. The van der Waals surface area contributed by atoms with E-state index in [4.69, 9.17) is 19.2 Å². The number of halogens is 7. The zero-order valence-corrected chi connectivity index (χ0v) is 32.5. The van der Waals surface area contributed by atoms with Gasteiger partial charge in [-0.05, 0) is 110 Å². The molecule has 2 saturated carbocycles. The first-order chi connectivity index (χ1) is 24.5. The van der Waals surface area contributed by atoms with Gasteiger partial charge in [-0.15, -0.1) is 11.8 Å². The van der Waals surface area contributed by atoms with Crippen molar-refractivity contribution < 1.29 is 50.1 Å². The number of methoxy groups -OCH3 is 2. The molecule has 1 aromatic heterocycles. The third kappa shape index (κ3) is 9.01. The van der Waals surface area contributed by atoms with Crippen LogP contribution in [0.4, 0.5) is 37.0 Å². The number of pyridine rings is 1. The summed E-state index contributed by atoms with van der Waals surface area (Å²) in [4.78, 5) is 35.2. The van der Waals surface area contributed by atoms with E-state index in [9.17, 15) is 35.9 Å². The molecule has 0 N–H and O–H groups in total. The molecule has 2 aliphatic carbocycles. The lowest BCUT2D eigenvalue weighted by Crippen LogP contribution is -2.45. The number of esters is 1. The summed E-state index contributed by atoms with van der Waals surface area (Å²) in [6.07, 6.45) is -9.80. The van der Waals surface area contributed by atoms with E-state index in [0.29, 0.717) is 29.3 Å². The van der Waals surface area contributed by atoms with Gasteiger partial charge in [-0.3, -0.25) is 4.90 Å². The zero-order chi connectivity index (χ0) is 38.1. The summed E-state index contributed by atoms with van der Waals surface area (Å²) < 4.78 is 101. The second-order valence-corrected chi connectivity index (χ2v) is 16.8. The highest BCUT2D eigenvalue weighted by Crippen LogP contribution is 2.50. The molecule has 5 rings (SSSR count). The maximum atomic E-state index is 13.8. The van der Waals surface area contributed by atoms with Crippen LogP contribution in [-0.4, -0.2) is 85.6 Å². The number of cyclic esters (lactones) is 1. The summed E-state index contributed by atoms with van der Waals surface area (Å²) in [6, 6.07) is 1.22. The van der Waals surface area contributed by atoms with E-state index in [0.717, 1.165) is 53.7 Å². The molecule has 52 heavy (non-hydrogen) atoms. The number of alkyl halides is 6. The summed E-state index contributed by atoms with van der Waals surface area (Å²) in [5.74, 6) is -4.26. The highest BCUT2D eigenvalue weighted by atomic mass is 79.9. The fraction of sp³-hybridized carbons (Fsp3) is 0.750. The monoisotopic (exact) mass is 827 g/mol. The van der Waals surface area contributed by atoms with Crippen molar-refractivity contribution in [3.8, 4) is 0 Å². The summed E-state index contributed by atoms with van der Waals surface area (Å²) in [7, 11) is 3.03. The van der Waals surface area contributed by atoms with Gasteiger partial charge in [-0.2, -0.15) is 26.3 Å². The Labute approximate surface area is 313 Å². The van der Waals surface area contributed by atoms with E-state index >= 15 is 0 Å². The van der Waals surface area contributed by atoms with Gasteiger partial charge in [0.25, 0.3) is 0 Å². The van der Waals surface area contributed by atoms with Gasteiger partial charge in [0.15, 0.2) is 0 Å². The summed E-state index contributed by atoms with van der Waals surface area (Å²) in [5.41, 5.74) is 2.38. The van der Waals surface area contributed by atoms with Gasteiger partial charge >= 0.3 is 24.4 Å². The molecule has 4 fully saturated rings. The first-order valence-corrected chi connectivity index (χ1v) is 19.7. The van der Waals surface area contributed by atoms with Crippen molar-refractivity contribution in [2.75, 3.05) is 38.0 Å². The Morgan fingerprint density at radius 3 is 2.25 bits per heavy atom. The number of amides is 1. The van der Waals surface area contributed by atoms with Gasteiger partial charge in [0.05, 0.1) is 52.7 Å². The predicted molar refractivity (Wildman–Crippen MR) is 189 cm³/mol. The molecule has 0 aromatic carbocycles. The van der Waals surface area contributed by atoms with Crippen LogP contribution in [0, 0.1) is 23.7 Å². The van der Waals surface area contributed by atoms with Gasteiger partial charge in [-0.25, -0.2) is 14.6 Å². The number of rotatable bonds is 11. The Kier molecular flexibility index (Phi) is 13.1. The normalized spacial score (nSPS) is 30.5. The van der Waals surface area contributed by atoms with E-state index in [1.165, 1.54) is 23.8 Å². The standard InChI is InChI=1S/C36H48BrF6N3O5S/c1-6-52-31(33(47)50-5)19(2)12-21-8-9-29(49-4)26(13-21)25-17-27(37)32(45-10-7-11-45)44-28(25)18-46-20(3)30(51-34(46)48)22-14-23(35(38,39)40)16-24(15-22)36(41,42)43/h17,20-24,26,29-30H,6-16,18H2,1-5H3. The molecule has 8 nitrogen and oxygen atoms in total. The van der Waals surface area contributed by atoms with Crippen molar-refractivity contribution >= 4 is 45.6 Å². The van der Waals surface area contributed by atoms with Crippen LogP contribution in [0.25, 0.3) is 0 Å². The van der Waals surface area contributed by atoms with Crippen LogP contribution < -0.4 is 4.90 Å². The number of carbonyl (C=O) groups is 2. The maximum Gasteiger partial charge on any atom is 0.410 e. The van der Waals surface area contributed by atoms with Gasteiger partial charge in [0.2, 0.25) is 0 Å². The van der Waals surface area contributed by atoms with E-state index in [-0.39, 0.29) is 30.5 Å². The lowest BCUT2D eigenvalue weighted by molar-refractivity contribution is -0.232. The molecule has 7 atom stereocenters. The summed E-state index contributed by atoms with van der Waals surface area (Å²) >= 11 is 5.18. The Morgan fingerprint density at radius 1 is 1.06 bits per heavy atom. The van der Waals surface area contributed by atoms with E-state index in [1.54, 1.807) is 14.0 Å². The highest BCUT2D eigenvalue weighted by Gasteiger charge is 2.55. The highest BCUT2D eigenvalue weighted by molar-refractivity contribution is 9.10. The summed E-state index contributed by atoms with van der Waals surface area (Å²) in [5, 5.41) is 0.